The highest BCUT2D eigenvalue weighted by Crippen LogP contribution is 2.39. The molecule has 0 N–H and O–H groups in total. The number of hydrogen-bond acceptors (Lipinski definition) is 5. The van der Waals surface area contributed by atoms with Crippen LogP contribution in [0.3, 0.4) is 0 Å². The number of aryl methyl sites for hydroxylation is 1. The highest BCUT2D eigenvalue weighted by molar-refractivity contribution is 6.00. The van der Waals surface area contributed by atoms with Gasteiger partial charge in [-0.3, -0.25) is 4.98 Å². The average molecular weight is 440 g/mol. The lowest BCUT2D eigenvalue weighted by Crippen LogP contribution is -2.45. The van der Waals surface area contributed by atoms with Crippen molar-refractivity contribution in [2.24, 2.45) is 0 Å². The Morgan fingerprint density at radius 2 is 1.58 bits per heavy atom. The topological polar surface area (TPSA) is 47.5 Å². The second-order valence-corrected chi connectivity index (χ2v) is 8.84. The van der Waals surface area contributed by atoms with Crippen molar-refractivity contribution in [3.05, 3.63) is 72.6 Å². The number of pyridine rings is 2. The third-order valence-corrected chi connectivity index (χ3v) is 6.22. The molecule has 33 heavy (non-hydrogen) atoms. The highest BCUT2D eigenvalue weighted by atomic mass is 16.5. The molecule has 5 heteroatoms. The summed E-state index contributed by atoms with van der Waals surface area (Å²) >= 11 is 0. The number of hydrogen-bond donors (Lipinski definition) is 0. The van der Waals surface area contributed by atoms with Crippen molar-refractivity contribution in [2.75, 3.05) is 25.1 Å². The molecule has 0 aliphatic carbocycles. The quantitative estimate of drug-likeness (QED) is 0.397. The van der Waals surface area contributed by atoms with Gasteiger partial charge in [0.1, 0.15) is 11.6 Å². The zero-order valence-corrected chi connectivity index (χ0v) is 19.6. The number of fused-ring (bicyclic) bond motifs is 1. The van der Waals surface area contributed by atoms with Crippen molar-refractivity contribution >= 4 is 16.7 Å². The molecule has 0 spiro atoms. The van der Waals surface area contributed by atoms with E-state index in [0.717, 1.165) is 57.8 Å². The van der Waals surface area contributed by atoms with Gasteiger partial charge in [0.05, 0.1) is 24.8 Å². The molecule has 1 saturated heterocycles. The van der Waals surface area contributed by atoms with E-state index in [0.29, 0.717) is 0 Å². The molecule has 5 rings (SSSR count). The van der Waals surface area contributed by atoms with Gasteiger partial charge >= 0.3 is 0 Å². The number of morpholine rings is 1. The van der Waals surface area contributed by atoms with E-state index in [-0.39, 0.29) is 12.2 Å². The lowest BCUT2D eigenvalue weighted by atomic mass is 9.98. The maximum atomic E-state index is 5.90. The molecule has 4 aromatic rings. The van der Waals surface area contributed by atoms with Crippen molar-refractivity contribution in [1.82, 2.24) is 9.97 Å². The number of aromatic nitrogens is 2. The number of rotatable bonds is 4. The third-order valence-electron chi connectivity index (χ3n) is 6.22. The van der Waals surface area contributed by atoms with Gasteiger partial charge in [0, 0.05) is 47.6 Å². The lowest BCUT2D eigenvalue weighted by Gasteiger charge is -2.36. The minimum atomic E-state index is 0.197. The Labute approximate surface area is 195 Å². The Morgan fingerprint density at radius 3 is 2.24 bits per heavy atom. The van der Waals surface area contributed by atoms with Crippen molar-refractivity contribution in [3.63, 3.8) is 0 Å². The van der Waals surface area contributed by atoms with Crippen molar-refractivity contribution in [1.29, 1.82) is 0 Å². The second kappa shape index (κ2) is 8.83. The number of anilines is 1. The Hall–Kier alpha value is -3.44. The lowest BCUT2D eigenvalue weighted by molar-refractivity contribution is -0.00545. The fourth-order valence-electron chi connectivity index (χ4n) is 4.69. The van der Waals surface area contributed by atoms with Crippen molar-refractivity contribution < 1.29 is 9.47 Å². The van der Waals surface area contributed by atoms with Crippen LogP contribution in [0, 0.1) is 6.92 Å². The molecule has 168 valence electrons. The molecule has 5 nitrogen and oxygen atoms in total. The third kappa shape index (κ3) is 4.16. The summed E-state index contributed by atoms with van der Waals surface area (Å²) < 4.78 is 11.8. The van der Waals surface area contributed by atoms with Crippen LogP contribution >= 0.6 is 0 Å². The molecule has 0 unspecified atom stereocenters. The summed E-state index contributed by atoms with van der Waals surface area (Å²) in [5, 5.41) is 0.994. The largest absolute Gasteiger partial charge is 0.495 e. The molecule has 1 aliphatic rings. The van der Waals surface area contributed by atoms with Gasteiger partial charge < -0.3 is 14.4 Å². The van der Waals surface area contributed by atoms with Crippen molar-refractivity contribution in [3.8, 4) is 28.0 Å². The fourth-order valence-corrected chi connectivity index (χ4v) is 4.69. The predicted molar refractivity (Wildman–Crippen MR) is 134 cm³/mol. The fraction of sp³-hybridized carbons (Fsp3) is 0.286. The Kier molecular flexibility index (Phi) is 5.73. The maximum Gasteiger partial charge on any atom is 0.137 e. The summed E-state index contributed by atoms with van der Waals surface area (Å²) in [5.74, 6) is 1.78. The van der Waals surface area contributed by atoms with E-state index >= 15 is 0 Å². The van der Waals surface area contributed by atoms with E-state index in [1.807, 2.05) is 12.4 Å². The molecule has 2 aromatic carbocycles. The normalized spacial score (nSPS) is 18.5. The molecule has 2 aromatic heterocycles. The van der Waals surface area contributed by atoms with Crippen LogP contribution in [0.2, 0.25) is 0 Å². The van der Waals surface area contributed by atoms with Gasteiger partial charge in [0.15, 0.2) is 0 Å². The standard InChI is InChI=1S/C28H29N3O2/c1-18-8-10-21(11-9-18)23-6-5-7-24-27(23)30-15-25(28(24)32-4)22-12-13-26(29-14-22)31-16-19(2)33-20(3)17-31/h5-15,19-20H,16-17H2,1-4H3/t19-,20+. The number of methoxy groups -OCH3 is 1. The van der Waals surface area contributed by atoms with Crippen LogP contribution in [0.5, 0.6) is 5.75 Å². The van der Waals surface area contributed by atoms with Crippen LogP contribution in [0.15, 0.2) is 67.0 Å². The summed E-state index contributed by atoms with van der Waals surface area (Å²) in [7, 11) is 1.72. The first kappa shape index (κ1) is 21.4. The van der Waals surface area contributed by atoms with E-state index in [4.69, 9.17) is 19.4 Å². The van der Waals surface area contributed by atoms with Gasteiger partial charge in [-0.05, 0) is 44.5 Å². The minimum absolute atomic E-state index is 0.197. The zero-order chi connectivity index (χ0) is 22.9. The first-order valence-electron chi connectivity index (χ1n) is 11.4. The van der Waals surface area contributed by atoms with Crippen LogP contribution < -0.4 is 9.64 Å². The first-order chi connectivity index (χ1) is 16.0. The van der Waals surface area contributed by atoms with Gasteiger partial charge in [0.2, 0.25) is 0 Å². The summed E-state index contributed by atoms with van der Waals surface area (Å²) in [5.41, 5.74) is 6.34. The number of para-hydroxylation sites is 1. The molecule has 1 fully saturated rings. The molecule has 0 bridgehead atoms. The number of ether oxygens (including phenoxy) is 2. The van der Waals surface area contributed by atoms with E-state index in [2.05, 4.69) is 80.3 Å². The van der Waals surface area contributed by atoms with Crippen molar-refractivity contribution in [2.45, 2.75) is 33.0 Å². The first-order valence-corrected chi connectivity index (χ1v) is 11.4. The SMILES string of the molecule is COc1c(-c2ccc(N3C[C@@H](C)O[C@@H](C)C3)nc2)cnc2c(-c3ccc(C)cc3)cccc12. The molecule has 0 radical (unpaired) electrons. The Balaban J connectivity index is 1.53. The van der Waals surface area contributed by atoms with Crippen LogP contribution in [0.1, 0.15) is 19.4 Å². The maximum absolute atomic E-state index is 5.90. The molecular weight excluding hydrogens is 410 g/mol. The van der Waals surface area contributed by atoms with Gasteiger partial charge in [-0.25, -0.2) is 4.98 Å². The summed E-state index contributed by atoms with van der Waals surface area (Å²) in [6.45, 7) is 8.00. The summed E-state index contributed by atoms with van der Waals surface area (Å²) in [6.07, 6.45) is 4.20. The van der Waals surface area contributed by atoms with Crippen LogP contribution in [0.4, 0.5) is 5.82 Å². The summed E-state index contributed by atoms with van der Waals surface area (Å²) in [4.78, 5) is 11.9. The van der Waals surface area contributed by atoms with E-state index in [9.17, 15) is 0 Å². The Morgan fingerprint density at radius 1 is 0.848 bits per heavy atom. The minimum Gasteiger partial charge on any atom is -0.495 e. The van der Waals surface area contributed by atoms with Crippen LogP contribution in [0.25, 0.3) is 33.2 Å². The molecule has 0 saturated carbocycles. The van der Waals surface area contributed by atoms with Gasteiger partial charge in [0.25, 0.3) is 0 Å². The van der Waals surface area contributed by atoms with Crippen LogP contribution in [-0.4, -0.2) is 42.4 Å². The zero-order valence-electron chi connectivity index (χ0n) is 19.6. The molecule has 2 atom stereocenters. The molecule has 3 heterocycles. The van der Waals surface area contributed by atoms with E-state index < -0.39 is 0 Å². The Bertz CT molecular complexity index is 1260. The average Bonchev–Trinajstić information content (AvgIpc) is 2.83. The smallest absolute Gasteiger partial charge is 0.137 e. The second-order valence-electron chi connectivity index (χ2n) is 8.84. The van der Waals surface area contributed by atoms with Gasteiger partial charge in [-0.1, -0.05) is 42.0 Å². The molecular formula is C28H29N3O2. The number of nitrogens with zero attached hydrogens (tertiary/aromatic N) is 3. The molecule has 1 aliphatic heterocycles. The van der Waals surface area contributed by atoms with Crippen LogP contribution in [-0.2, 0) is 4.74 Å². The van der Waals surface area contributed by atoms with E-state index in [1.165, 1.54) is 5.56 Å². The molecule has 0 amide bonds. The highest BCUT2D eigenvalue weighted by Gasteiger charge is 2.23. The summed E-state index contributed by atoms with van der Waals surface area (Å²) in [6, 6.07) is 19.0. The number of benzene rings is 2. The van der Waals surface area contributed by atoms with Gasteiger partial charge in [-0.15, -0.1) is 0 Å². The predicted octanol–water partition coefficient (Wildman–Crippen LogP) is 5.89. The van der Waals surface area contributed by atoms with Gasteiger partial charge in [-0.2, -0.15) is 0 Å². The van der Waals surface area contributed by atoms with E-state index in [1.54, 1.807) is 7.11 Å². The monoisotopic (exact) mass is 439 g/mol.